The first-order chi connectivity index (χ1) is 14.5. The number of aliphatic hydroxyl groups is 1. The predicted molar refractivity (Wildman–Crippen MR) is 117 cm³/mol. The number of benzene rings is 2. The number of hydrogen-bond donors (Lipinski definition) is 2. The highest BCUT2D eigenvalue weighted by Gasteiger charge is 2.17. The Morgan fingerprint density at radius 3 is 2.77 bits per heavy atom. The summed E-state index contributed by atoms with van der Waals surface area (Å²) in [4.78, 5) is 1.19. The van der Waals surface area contributed by atoms with Crippen molar-refractivity contribution in [3.05, 3.63) is 102 Å². The van der Waals surface area contributed by atoms with Crippen LogP contribution in [0.1, 0.15) is 16.8 Å². The lowest BCUT2D eigenvalue weighted by Crippen LogP contribution is -3.11. The third kappa shape index (κ3) is 6.31. The van der Waals surface area contributed by atoms with Crippen molar-refractivity contribution in [2.75, 3.05) is 19.7 Å². The fraction of sp³-hybridized carbons (Fsp3) is 0.280. The van der Waals surface area contributed by atoms with Gasteiger partial charge >= 0.3 is 0 Å². The maximum absolute atomic E-state index is 13.5. The fourth-order valence-electron chi connectivity index (χ4n) is 3.58. The zero-order valence-corrected chi connectivity index (χ0v) is 17.4. The molecule has 1 heterocycles. The monoisotopic (exact) mass is 409 g/mol. The molecule has 0 saturated carbocycles. The van der Waals surface area contributed by atoms with E-state index in [-0.39, 0.29) is 12.4 Å². The molecule has 0 radical (unpaired) electrons. The maximum Gasteiger partial charge on any atom is 0.137 e. The van der Waals surface area contributed by atoms with Crippen LogP contribution in [0.25, 0.3) is 0 Å². The van der Waals surface area contributed by atoms with E-state index in [1.54, 1.807) is 12.1 Å². The van der Waals surface area contributed by atoms with Gasteiger partial charge < -0.3 is 19.3 Å². The first-order valence-electron chi connectivity index (χ1n) is 10.2. The number of hydrogen-bond acceptors (Lipinski definition) is 2. The van der Waals surface area contributed by atoms with Crippen LogP contribution in [-0.2, 0) is 13.1 Å². The summed E-state index contributed by atoms with van der Waals surface area (Å²) in [5.41, 5.74) is 3.10. The summed E-state index contributed by atoms with van der Waals surface area (Å²) in [6, 6.07) is 18.5. The third-order valence-corrected chi connectivity index (χ3v) is 5.08. The molecule has 3 rings (SSSR count). The van der Waals surface area contributed by atoms with Crippen molar-refractivity contribution in [3.63, 3.8) is 0 Å². The van der Waals surface area contributed by atoms with Crippen LogP contribution in [0.2, 0.25) is 0 Å². The van der Waals surface area contributed by atoms with Crippen LogP contribution in [0, 0.1) is 12.7 Å². The van der Waals surface area contributed by atoms with Crippen molar-refractivity contribution in [1.82, 2.24) is 4.57 Å². The molecule has 158 valence electrons. The quantitative estimate of drug-likeness (QED) is 0.478. The Morgan fingerprint density at radius 1 is 1.17 bits per heavy atom. The second-order valence-electron chi connectivity index (χ2n) is 7.61. The molecule has 0 amide bonds. The first kappa shape index (κ1) is 21.8. The summed E-state index contributed by atoms with van der Waals surface area (Å²) >= 11 is 0. The van der Waals surface area contributed by atoms with E-state index in [1.165, 1.54) is 11.0 Å². The van der Waals surface area contributed by atoms with Gasteiger partial charge in [0, 0.05) is 12.7 Å². The van der Waals surface area contributed by atoms with E-state index in [0.29, 0.717) is 13.1 Å². The zero-order chi connectivity index (χ0) is 21.3. The fourth-order valence-corrected chi connectivity index (χ4v) is 3.58. The van der Waals surface area contributed by atoms with Crippen LogP contribution in [0.15, 0.2) is 79.5 Å². The molecule has 0 saturated heterocycles. The van der Waals surface area contributed by atoms with Crippen LogP contribution in [0.4, 0.5) is 4.39 Å². The normalized spacial score (nSPS) is 13.0. The Morgan fingerprint density at radius 2 is 2.00 bits per heavy atom. The highest BCUT2D eigenvalue weighted by Crippen LogP contribution is 2.16. The van der Waals surface area contributed by atoms with E-state index in [1.807, 2.05) is 55.6 Å². The number of nitrogens with zero attached hydrogens (tertiary/aromatic N) is 1. The Hall–Kier alpha value is -2.89. The van der Waals surface area contributed by atoms with Gasteiger partial charge in [0.25, 0.3) is 0 Å². The molecular formula is C25H30FN2O2+. The largest absolute Gasteiger partial charge is 0.490 e. The summed E-state index contributed by atoms with van der Waals surface area (Å²) < 4.78 is 21.4. The average molecular weight is 410 g/mol. The van der Waals surface area contributed by atoms with E-state index in [2.05, 4.69) is 17.2 Å². The van der Waals surface area contributed by atoms with Crippen LogP contribution < -0.4 is 9.64 Å². The Balaban J connectivity index is 1.59. The molecule has 2 aromatic carbocycles. The van der Waals surface area contributed by atoms with Crippen molar-refractivity contribution in [2.24, 2.45) is 0 Å². The molecule has 0 bridgehead atoms. The Labute approximate surface area is 177 Å². The topological polar surface area (TPSA) is 38.8 Å². The molecular weight excluding hydrogens is 379 g/mol. The number of aromatic nitrogens is 1. The van der Waals surface area contributed by atoms with Gasteiger partial charge in [-0.15, -0.1) is 0 Å². The summed E-state index contributed by atoms with van der Waals surface area (Å²) in [5.74, 6) is 0.572. The molecule has 4 nitrogen and oxygen atoms in total. The minimum Gasteiger partial charge on any atom is -0.490 e. The van der Waals surface area contributed by atoms with Crippen LogP contribution in [0.3, 0.4) is 0 Å². The van der Waals surface area contributed by atoms with Crippen molar-refractivity contribution in [2.45, 2.75) is 26.1 Å². The van der Waals surface area contributed by atoms with Crippen molar-refractivity contribution < 1.29 is 19.1 Å². The molecule has 0 fully saturated rings. The summed E-state index contributed by atoms with van der Waals surface area (Å²) in [5, 5.41) is 10.5. The smallest absolute Gasteiger partial charge is 0.137 e. The van der Waals surface area contributed by atoms with Gasteiger partial charge in [-0.25, -0.2) is 4.39 Å². The lowest BCUT2D eigenvalue weighted by Gasteiger charge is -2.22. The molecule has 0 aliphatic carbocycles. The van der Waals surface area contributed by atoms with E-state index >= 15 is 0 Å². The number of rotatable bonds is 11. The molecule has 30 heavy (non-hydrogen) atoms. The molecule has 5 heteroatoms. The lowest BCUT2D eigenvalue weighted by atomic mass is 10.2. The van der Waals surface area contributed by atoms with Crippen molar-refractivity contribution in [1.29, 1.82) is 0 Å². The summed E-state index contributed by atoms with van der Waals surface area (Å²) in [7, 11) is 0. The van der Waals surface area contributed by atoms with Gasteiger partial charge in [-0.1, -0.05) is 36.9 Å². The average Bonchev–Trinajstić information content (AvgIpc) is 3.14. The van der Waals surface area contributed by atoms with Crippen LogP contribution in [0.5, 0.6) is 5.75 Å². The molecule has 2 atom stereocenters. The molecule has 2 N–H and O–H groups in total. The third-order valence-electron chi connectivity index (χ3n) is 5.08. The molecule has 1 unspecified atom stereocenters. The predicted octanol–water partition coefficient (Wildman–Crippen LogP) is 2.99. The zero-order valence-electron chi connectivity index (χ0n) is 17.4. The minimum atomic E-state index is -0.591. The van der Waals surface area contributed by atoms with Gasteiger partial charge in [0.05, 0.1) is 12.2 Å². The van der Waals surface area contributed by atoms with Gasteiger partial charge in [0.2, 0.25) is 0 Å². The number of aliphatic hydroxyl groups excluding tert-OH is 1. The van der Waals surface area contributed by atoms with E-state index in [9.17, 15) is 9.50 Å². The second-order valence-corrected chi connectivity index (χ2v) is 7.61. The number of quaternary nitrogens is 1. The number of nitrogens with one attached hydrogen (secondary N) is 1. The Kier molecular flexibility index (Phi) is 7.82. The maximum atomic E-state index is 13.5. The van der Waals surface area contributed by atoms with Crippen LogP contribution in [-0.4, -0.2) is 35.5 Å². The Bertz CT molecular complexity index is 954. The van der Waals surface area contributed by atoms with Gasteiger partial charge in [0.15, 0.2) is 0 Å². The highest BCUT2D eigenvalue weighted by atomic mass is 19.1. The van der Waals surface area contributed by atoms with E-state index < -0.39 is 6.10 Å². The first-order valence-corrected chi connectivity index (χ1v) is 10.2. The molecule has 3 aromatic rings. The van der Waals surface area contributed by atoms with Gasteiger partial charge in [-0.3, -0.25) is 0 Å². The molecule has 0 aliphatic heterocycles. The summed E-state index contributed by atoms with van der Waals surface area (Å²) in [6.07, 6.45) is 3.28. The standard InChI is InChI=1S/C25H29FN2O2/c1-3-13-27(18-24(29)19-30-25-12-5-4-8-20(25)2)17-23-11-7-14-28(23)16-21-9-6-10-22(26)15-21/h3-12,14-15,24,29H,1,13,16-19H2,2H3/p+1/t24-/m0/s1. The minimum absolute atomic E-state index is 0.225. The molecule has 0 aliphatic rings. The van der Waals surface area contributed by atoms with Gasteiger partial charge in [-0.2, -0.15) is 0 Å². The highest BCUT2D eigenvalue weighted by molar-refractivity contribution is 5.31. The van der Waals surface area contributed by atoms with E-state index in [4.69, 9.17) is 4.74 Å². The van der Waals surface area contributed by atoms with Gasteiger partial charge in [0.1, 0.15) is 37.4 Å². The van der Waals surface area contributed by atoms with E-state index in [0.717, 1.165) is 35.7 Å². The number of ether oxygens (including phenoxy) is 1. The number of para-hydroxylation sites is 1. The second kappa shape index (κ2) is 10.8. The molecule has 0 spiro atoms. The number of aryl methyl sites for hydroxylation is 1. The number of halogens is 1. The lowest BCUT2D eigenvalue weighted by molar-refractivity contribution is -0.911. The van der Waals surface area contributed by atoms with Crippen LogP contribution >= 0.6 is 0 Å². The SMILES string of the molecule is C=CC[NH+](Cc1cccn1Cc1cccc(F)c1)C[C@H](O)COc1ccccc1C. The van der Waals surface area contributed by atoms with Crippen molar-refractivity contribution >= 4 is 0 Å². The summed E-state index contributed by atoms with van der Waals surface area (Å²) in [6.45, 7) is 8.71. The van der Waals surface area contributed by atoms with Gasteiger partial charge in [-0.05, 0) is 54.5 Å². The van der Waals surface area contributed by atoms with Crippen molar-refractivity contribution in [3.8, 4) is 5.75 Å². The molecule has 1 aromatic heterocycles.